The van der Waals surface area contributed by atoms with E-state index >= 15 is 0 Å². The summed E-state index contributed by atoms with van der Waals surface area (Å²) in [6.07, 6.45) is 1.56. The number of hydrogen-bond acceptors (Lipinski definition) is 4. The number of aromatic nitrogens is 2. The average molecular weight is 344 g/mol. The first-order valence-corrected chi connectivity index (χ1v) is 8.14. The van der Waals surface area contributed by atoms with E-state index in [1.165, 1.54) is 0 Å². The van der Waals surface area contributed by atoms with Crippen LogP contribution in [0.2, 0.25) is 0 Å². The van der Waals surface area contributed by atoms with Gasteiger partial charge in [-0.3, -0.25) is 9.89 Å². The molecule has 0 fully saturated rings. The number of H-pyrrole nitrogens is 1. The van der Waals surface area contributed by atoms with Crippen molar-refractivity contribution in [3.63, 3.8) is 0 Å². The number of furan rings is 1. The third-order valence-corrected chi connectivity index (χ3v) is 4.09. The SMILES string of the molecule is C/C(=N\NC(=O)c1cc(-c2ccco2)[nH]n1)c1ccc2ccccc2c1. The summed E-state index contributed by atoms with van der Waals surface area (Å²) in [4.78, 5) is 12.2. The molecule has 0 radical (unpaired) electrons. The Hall–Kier alpha value is -3.67. The second-order valence-electron chi connectivity index (χ2n) is 5.84. The van der Waals surface area contributed by atoms with Crippen LogP contribution in [-0.4, -0.2) is 21.8 Å². The van der Waals surface area contributed by atoms with Crippen LogP contribution in [0.3, 0.4) is 0 Å². The number of rotatable bonds is 4. The number of amides is 1. The van der Waals surface area contributed by atoms with Gasteiger partial charge in [-0.15, -0.1) is 0 Å². The minimum absolute atomic E-state index is 0.242. The molecule has 1 amide bonds. The lowest BCUT2D eigenvalue weighted by Crippen LogP contribution is -2.19. The Morgan fingerprint density at radius 1 is 1.08 bits per heavy atom. The molecule has 2 aromatic carbocycles. The molecule has 0 aliphatic carbocycles. The van der Waals surface area contributed by atoms with Crippen molar-refractivity contribution in [2.24, 2.45) is 5.10 Å². The predicted molar refractivity (Wildman–Crippen MR) is 99.9 cm³/mol. The van der Waals surface area contributed by atoms with Gasteiger partial charge in [-0.1, -0.05) is 36.4 Å². The van der Waals surface area contributed by atoms with E-state index in [-0.39, 0.29) is 11.6 Å². The van der Waals surface area contributed by atoms with Crippen LogP contribution in [0.5, 0.6) is 0 Å². The van der Waals surface area contributed by atoms with Crippen molar-refractivity contribution in [3.8, 4) is 11.5 Å². The van der Waals surface area contributed by atoms with E-state index in [0.29, 0.717) is 17.2 Å². The summed E-state index contributed by atoms with van der Waals surface area (Å²) in [6, 6.07) is 19.3. The van der Waals surface area contributed by atoms with Gasteiger partial charge in [0.2, 0.25) is 0 Å². The molecular weight excluding hydrogens is 328 g/mol. The van der Waals surface area contributed by atoms with Crippen molar-refractivity contribution in [1.82, 2.24) is 15.6 Å². The van der Waals surface area contributed by atoms with Crippen LogP contribution in [0.15, 0.2) is 76.4 Å². The van der Waals surface area contributed by atoms with Crippen LogP contribution in [0, 0.1) is 0 Å². The molecule has 26 heavy (non-hydrogen) atoms. The number of carbonyl (C=O) groups is 1. The van der Waals surface area contributed by atoms with Gasteiger partial charge in [0.15, 0.2) is 11.5 Å². The quantitative estimate of drug-likeness (QED) is 0.434. The van der Waals surface area contributed by atoms with Crippen LogP contribution in [0.4, 0.5) is 0 Å². The van der Waals surface area contributed by atoms with Gasteiger partial charge in [0.05, 0.1) is 12.0 Å². The normalized spacial score (nSPS) is 11.7. The Bertz CT molecular complexity index is 1090. The zero-order chi connectivity index (χ0) is 17.9. The van der Waals surface area contributed by atoms with Crippen LogP contribution in [0.1, 0.15) is 23.0 Å². The van der Waals surface area contributed by atoms with Crippen molar-refractivity contribution in [2.45, 2.75) is 6.92 Å². The molecule has 0 aliphatic rings. The van der Waals surface area contributed by atoms with E-state index in [1.807, 2.05) is 43.3 Å². The fraction of sp³-hybridized carbons (Fsp3) is 0.0500. The third-order valence-electron chi connectivity index (χ3n) is 4.09. The molecular formula is C20H16N4O2. The number of carbonyl (C=O) groups excluding carboxylic acids is 1. The summed E-state index contributed by atoms with van der Waals surface area (Å²) in [6.45, 7) is 1.85. The molecule has 4 aromatic rings. The lowest BCUT2D eigenvalue weighted by atomic mass is 10.0. The molecule has 0 atom stereocenters. The van der Waals surface area contributed by atoms with Crippen molar-refractivity contribution in [2.75, 3.05) is 0 Å². The van der Waals surface area contributed by atoms with E-state index in [4.69, 9.17) is 4.42 Å². The maximum Gasteiger partial charge on any atom is 0.291 e. The lowest BCUT2D eigenvalue weighted by molar-refractivity contribution is 0.0950. The second kappa shape index (κ2) is 6.68. The minimum Gasteiger partial charge on any atom is -0.463 e. The summed E-state index contributed by atoms with van der Waals surface area (Å²) in [5, 5.41) is 13.3. The van der Waals surface area contributed by atoms with Crippen LogP contribution in [0.25, 0.3) is 22.2 Å². The Kier molecular flexibility index (Phi) is 4.07. The summed E-state index contributed by atoms with van der Waals surface area (Å²) >= 11 is 0. The largest absolute Gasteiger partial charge is 0.463 e. The third kappa shape index (κ3) is 3.12. The fourth-order valence-corrected chi connectivity index (χ4v) is 2.67. The zero-order valence-corrected chi connectivity index (χ0v) is 14.1. The van der Waals surface area contributed by atoms with Gasteiger partial charge in [-0.2, -0.15) is 10.2 Å². The summed E-state index contributed by atoms with van der Waals surface area (Å²) < 4.78 is 5.27. The summed E-state index contributed by atoms with van der Waals surface area (Å²) in [5.41, 5.74) is 5.08. The van der Waals surface area contributed by atoms with Gasteiger partial charge >= 0.3 is 0 Å². The number of nitrogens with one attached hydrogen (secondary N) is 2. The molecule has 0 saturated carbocycles. The van der Waals surface area contributed by atoms with Gasteiger partial charge in [0.1, 0.15) is 5.69 Å². The van der Waals surface area contributed by atoms with Gasteiger partial charge in [-0.25, -0.2) is 5.43 Å². The van der Waals surface area contributed by atoms with Gasteiger partial charge < -0.3 is 4.42 Å². The number of fused-ring (bicyclic) bond motifs is 1. The monoisotopic (exact) mass is 344 g/mol. The van der Waals surface area contributed by atoms with Crippen LogP contribution >= 0.6 is 0 Å². The average Bonchev–Trinajstić information content (AvgIpc) is 3.36. The molecule has 0 unspecified atom stereocenters. The van der Waals surface area contributed by atoms with E-state index in [2.05, 4.69) is 26.8 Å². The fourth-order valence-electron chi connectivity index (χ4n) is 2.67. The first-order chi connectivity index (χ1) is 12.7. The summed E-state index contributed by atoms with van der Waals surface area (Å²) in [7, 11) is 0. The highest BCUT2D eigenvalue weighted by molar-refractivity contribution is 6.03. The van der Waals surface area contributed by atoms with E-state index in [9.17, 15) is 4.79 Å². The first kappa shape index (κ1) is 15.8. The number of hydrogen-bond donors (Lipinski definition) is 2. The molecule has 0 bridgehead atoms. The Morgan fingerprint density at radius 2 is 1.92 bits per heavy atom. The molecule has 0 aliphatic heterocycles. The Balaban J connectivity index is 1.50. The molecule has 4 rings (SSSR count). The molecule has 128 valence electrons. The van der Waals surface area contributed by atoms with Gasteiger partial charge in [-0.05, 0) is 41.5 Å². The molecule has 2 heterocycles. The highest BCUT2D eigenvalue weighted by atomic mass is 16.3. The van der Waals surface area contributed by atoms with Crippen molar-refractivity contribution < 1.29 is 9.21 Å². The molecule has 2 aromatic heterocycles. The smallest absolute Gasteiger partial charge is 0.291 e. The first-order valence-electron chi connectivity index (χ1n) is 8.14. The Labute approximate surface area is 149 Å². The molecule has 0 saturated heterocycles. The predicted octanol–water partition coefficient (Wildman–Crippen LogP) is 3.98. The van der Waals surface area contributed by atoms with Crippen LogP contribution in [-0.2, 0) is 0 Å². The molecule has 6 nitrogen and oxygen atoms in total. The molecule has 6 heteroatoms. The minimum atomic E-state index is -0.390. The van der Waals surface area contributed by atoms with Gasteiger partial charge in [0, 0.05) is 6.07 Å². The van der Waals surface area contributed by atoms with E-state index in [0.717, 1.165) is 16.3 Å². The number of nitrogens with zero attached hydrogens (tertiary/aromatic N) is 2. The molecule has 0 spiro atoms. The van der Waals surface area contributed by atoms with Crippen molar-refractivity contribution in [3.05, 3.63) is 78.2 Å². The van der Waals surface area contributed by atoms with Gasteiger partial charge in [0.25, 0.3) is 5.91 Å². The Morgan fingerprint density at radius 3 is 2.73 bits per heavy atom. The number of hydrazone groups is 1. The maximum atomic E-state index is 12.2. The number of benzene rings is 2. The van der Waals surface area contributed by atoms with Crippen molar-refractivity contribution in [1.29, 1.82) is 0 Å². The van der Waals surface area contributed by atoms with E-state index < -0.39 is 0 Å². The topological polar surface area (TPSA) is 83.3 Å². The molecule has 2 N–H and O–H groups in total. The van der Waals surface area contributed by atoms with E-state index in [1.54, 1.807) is 24.5 Å². The number of aromatic amines is 1. The van der Waals surface area contributed by atoms with Crippen LogP contribution < -0.4 is 5.43 Å². The van der Waals surface area contributed by atoms with Crippen molar-refractivity contribution >= 4 is 22.4 Å². The highest BCUT2D eigenvalue weighted by Crippen LogP contribution is 2.18. The standard InChI is InChI=1S/C20H16N4O2/c1-13(15-9-8-14-5-2-3-6-16(14)11-15)21-24-20(25)18-12-17(22-23-18)19-7-4-10-26-19/h2-12H,1H3,(H,22,23)(H,24,25)/b21-13+. The summed E-state index contributed by atoms with van der Waals surface area (Å²) in [5.74, 6) is 0.228. The zero-order valence-electron chi connectivity index (χ0n) is 14.1. The lowest BCUT2D eigenvalue weighted by Gasteiger charge is -2.04. The maximum absolute atomic E-state index is 12.2. The second-order valence-corrected chi connectivity index (χ2v) is 5.84. The highest BCUT2D eigenvalue weighted by Gasteiger charge is 2.12.